The second-order valence-corrected chi connectivity index (χ2v) is 7.65. The Morgan fingerprint density at radius 2 is 1.93 bits per heavy atom. The number of methoxy groups -OCH3 is 1. The van der Waals surface area contributed by atoms with Crippen molar-refractivity contribution in [2.75, 3.05) is 18.7 Å². The molecule has 3 rings (SSSR count). The molecule has 0 bridgehead atoms. The maximum Gasteiger partial charge on any atom is 0.282 e. The maximum atomic E-state index is 12.7. The van der Waals surface area contributed by atoms with Crippen LogP contribution in [0.4, 0.5) is 5.69 Å². The van der Waals surface area contributed by atoms with Crippen LogP contribution < -0.4 is 19.9 Å². The number of hydrogen-bond donors (Lipinski definition) is 1. The Kier molecular flexibility index (Phi) is 6.04. The van der Waals surface area contributed by atoms with Crippen molar-refractivity contribution in [3.05, 3.63) is 58.1 Å². The molecule has 1 heterocycles. The number of ether oxygens (including phenoxy) is 2. The molecule has 0 atom stereocenters. The van der Waals surface area contributed by atoms with Crippen molar-refractivity contribution in [2.45, 2.75) is 13.8 Å². The highest BCUT2D eigenvalue weighted by molar-refractivity contribution is 9.10. The van der Waals surface area contributed by atoms with Crippen LogP contribution in [0.3, 0.4) is 0 Å². The zero-order valence-electron chi connectivity index (χ0n) is 15.9. The number of carbonyl (C=O) groups excluding carboxylic acids is 2. The van der Waals surface area contributed by atoms with Crippen molar-refractivity contribution in [2.24, 2.45) is 5.92 Å². The lowest BCUT2D eigenvalue weighted by Crippen LogP contribution is -2.35. The summed E-state index contributed by atoms with van der Waals surface area (Å²) < 4.78 is 11.9. The summed E-state index contributed by atoms with van der Waals surface area (Å²) in [5.74, 6) is 0.683. The lowest BCUT2D eigenvalue weighted by atomic mass is 10.1. The summed E-state index contributed by atoms with van der Waals surface area (Å²) in [4.78, 5) is 25.1. The molecule has 2 aromatic carbocycles. The zero-order chi connectivity index (χ0) is 20.3. The summed E-state index contributed by atoms with van der Waals surface area (Å²) in [5, 5.41) is 1.23. The Balaban J connectivity index is 1.86. The molecule has 146 valence electrons. The van der Waals surface area contributed by atoms with E-state index in [1.165, 1.54) is 5.01 Å². The topological polar surface area (TPSA) is 67.9 Å². The second kappa shape index (κ2) is 8.48. The molecule has 0 saturated carbocycles. The average molecular weight is 445 g/mol. The first-order valence-corrected chi connectivity index (χ1v) is 9.62. The third-order valence-electron chi connectivity index (χ3n) is 4.03. The molecule has 0 radical (unpaired) electrons. The first-order chi connectivity index (χ1) is 13.4. The summed E-state index contributed by atoms with van der Waals surface area (Å²) in [6.45, 7) is 4.69. The number of carbonyl (C=O) groups is 2. The lowest BCUT2D eigenvalue weighted by Gasteiger charge is -2.14. The number of rotatable bonds is 6. The molecule has 0 aliphatic carbocycles. The Morgan fingerprint density at radius 3 is 2.61 bits per heavy atom. The van der Waals surface area contributed by atoms with Gasteiger partial charge in [0.05, 0.1) is 19.4 Å². The highest BCUT2D eigenvalue weighted by atomic mass is 79.9. The molecule has 7 heteroatoms. The highest BCUT2D eigenvalue weighted by Gasteiger charge is 2.34. The fraction of sp³-hybridized carbons (Fsp3) is 0.238. The molecule has 1 aliphatic heterocycles. The van der Waals surface area contributed by atoms with Crippen LogP contribution in [0.25, 0.3) is 6.08 Å². The van der Waals surface area contributed by atoms with E-state index in [1.807, 2.05) is 6.07 Å². The third kappa shape index (κ3) is 4.36. The van der Waals surface area contributed by atoms with E-state index in [2.05, 4.69) is 35.2 Å². The molecule has 1 aliphatic rings. The molecular weight excluding hydrogens is 424 g/mol. The van der Waals surface area contributed by atoms with Crippen molar-refractivity contribution in [3.8, 4) is 11.5 Å². The van der Waals surface area contributed by atoms with E-state index in [9.17, 15) is 9.59 Å². The van der Waals surface area contributed by atoms with Crippen LogP contribution in [0.5, 0.6) is 11.5 Å². The Morgan fingerprint density at radius 1 is 1.14 bits per heavy atom. The summed E-state index contributed by atoms with van der Waals surface area (Å²) >= 11 is 3.37. The van der Waals surface area contributed by atoms with E-state index in [1.54, 1.807) is 49.6 Å². The summed E-state index contributed by atoms with van der Waals surface area (Å²) in [5.41, 5.74) is 3.89. The Hall–Kier alpha value is -2.80. The number of benzene rings is 2. The smallest absolute Gasteiger partial charge is 0.282 e. The third-order valence-corrected chi connectivity index (χ3v) is 4.52. The standard InChI is InChI=1S/C21H21BrN2O4/c1-13(2)12-28-18-8-7-14(10-19(18)27-3)9-17-20(25)23-24(21(17)26)16-6-4-5-15(22)11-16/h4-11,13H,12H2,1-3H3,(H,23,25). The minimum atomic E-state index is -0.455. The largest absolute Gasteiger partial charge is 0.493 e. The van der Waals surface area contributed by atoms with Gasteiger partial charge in [-0.3, -0.25) is 15.0 Å². The van der Waals surface area contributed by atoms with E-state index in [0.29, 0.717) is 35.3 Å². The Labute approximate surface area is 172 Å². The van der Waals surface area contributed by atoms with Crippen LogP contribution in [0, 0.1) is 5.92 Å². The molecule has 2 aromatic rings. The normalized spacial score (nSPS) is 15.3. The number of nitrogens with zero attached hydrogens (tertiary/aromatic N) is 1. The first kappa shape index (κ1) is 19.9. The fourth-order valence-electron chi connectivity index (χ4n) is 2.67. The SMILES string of the molecule is COc1cc(C=C2C(=O)NN(c3cccc(Br)c3)C2=O)ccc1OCC(C)C. The van der Waals surface area contributed by atoms with Gasteiger partial charge in [0.25, 0.3) is 11.8 Å². The number of halogens is 1. The molecule has 6 nitrogen and oxygen atoms in total. The van der Waals surface area contributed by atoms with Crippen LogP contribution in [-0.4, -0.2) is 25.5 Å². The van der Waals surface area contributed by atoms with Gasteiger partial charge < -0.3 is 9.47 Å². The number of hydrazine groups is 1. The minimum Gasteiger partial charge on any atom is -0.493 e. The van der Waals surface area contributed by atoms with Gasteiger partial charge in [-0.25, -0.2) is 5.01 Å². The first-order valence-electron chi connectivity index (χ1n) is 8.82. The summed E-state index contributed by atoms with van der Waals surface area (Å²) in [7, 11) is 1.55. The quantitative estimate of drug-likeness (QED) is 0.540. The average Bonchev–Trinajstić information content (AvgIpc) is 2.95. The van der Waals surface area contributed by atoms with Gasteiger partial charge in [-0.1, -0.05) is 41.9 Å². The van der Waals surface area contributed by atoms with Gasteiger partial charge >= 0.3 is 0 Å². The number of hydrogen-bond acceptors (Lipinski definition) is 4. The molecular formula is C21H21BrN2O4. The van der Waals surface area contributed by atoms with Crippen LogP contribution in [0.15, 0.2) is 52.5 Å². The van der Waals surface area contributed by atoms with Gasteiger partial charge in [-0.05, 0) is 47.9 Å². The van der Waals surface area contributed by atoms with Gasteiger partial charge in [0.15, 0.2) is 11.5 Å². The van der Waals surface area contributed by atoms with E-state index < -0.39 is 11.8 Å². The van der Waals surface area contributed by atoms with Crippen LogP contribution in [0.1, 0.15) is 19.4 Å². The molecule has 1 saturated heterocycles. The number of nitrogens with one attached hydrogen (secondary N) is 1. The van der Waals surface area contributed by atoms with Gasteiger partial charge in [-0.2, -0.15) is 0 Å². The van der Waals surface area contributed by atoms with Crippen LogP contribution in [-0.2, 0) is 9.59 Å². The molecule has 1 N–H and O–H groups in total. The Bertz CT molecular complexity index is 940. The van der Waals surface area contributed by atoms with E-state index in [-0.39, 0.29) is 5.57 Å². The minimum absolute atomic E-state index is 0.0536. The molecule has 0 spiro atoms. The summed E-state index contributed by atoms with van der Waals surface area (Å²) in [6, 6.07) is 12.4. The second-order valence-electron chi connectivity index (χ2n) is 6.73. The molecule has 0 unspecified atom stereocenters. The zero-order valence-corrected chi connectivity index (χ0v) is 17.4. The molecule has 28 heavy (non-hydrogen) atoms. The van der Waals surface area contributed by atoms with Crippen LogP contribution in [0.2, 0.25) is 0 Å². The van der Waals surface area contributed by atoms with E-state index in [0.717, 1.165) is 4.47 Å². The lowest BCUT2D eigenvalue weighted by molar-refractivity contribution is -0.117. The fourth-order valence-corrected chi connectivity index (χ4v) is 3.06. The van der Waals surface area contributed by atoms with Gasteiger partial charge in [0, 0.05) is 4.47 Å². The van der Waals surface area contributed by atoms with Crippen molar-refractivity contribution in [3.63, 3.8) is 0 Å². The molecule has 2 amide bonds. The monoisotopic (exact) mass is 444 g/mol. The van der Waals surface area contributed by atoms with E-state index >= 15 is 0 Å². The van der Waals surface area contributed by atoms with Crippen LogP contribution >= 0.6 is 15.9 Å². The van der Waals surface area contributed by atoms with Gasteiger partial charge in [0.1, 0.15) is 5.57 Å². The number of amides is 2. The number of anilines is 1. The molecule has 0 aromatic heterocycles. The van der Waals surface area contributed by atoms with Crippen molar-refractivity contribution in [1.29, 1.82) is 0 Å². The predicted molar refractivity (Wildman–Crippen MR) is 111 cm³/mol. The van der Waals surface area contributed by atoms with Gasteiger partial charge in [-0.15, -0.1) is 0 Å². The van der Waals surface area contributed by atoms with Crippen molar-refractivity contribution >= 4 is 39.5 Å². The van der Waals surface area contributed by atoms with Crippen molar-refractivity contribution in [1.82, 2.24) is 5.43 Å². The predicted octanol–water partition coefficient (Wildman–Crippen LogP) is 3.95. The maximum absolute atomic E-state index is 12.7. The van der Waals surface area contributed by atoms with Gasteiger partial charge in [0.2, 0.25) is 0 Å². The molecule has 1 fully saturated rings. The summed E-state index contributed by atoms with van der Waals surface area (Å²) in [6.07, 6.45) is 1.55. The van der Waals surface area contributed by atoms with E-state index in [4.69, 9.17) is 9.47 Å². The highest BCUT2D eigenvalue weighted by Crippen LogP contribution is 2.30. The van der Waals surface area contributed by atoms with Crippen molar-refractivity contribution < 1.29 is 19.1 Å².